The summed E-state index contributed by atoms with van der Waals surface area (Å²) in [4.78, 5) is 7.27. The molecule has 2 saturated carbocycles. The Kier molecular flexibility index (Phi) is 3.19. The number of piperidine rings is 1. The number of likely N-dealkylation sites (tertiary alicyclic amines) is 1. The number of isothiocyanates is 1. The molecular formula is C21H24N2O2S. The molecule has 1 N–H and O–H groups in total. The van der Waals surface area contributed by atoms with Crippen LogP contribution in [0.4, 0.5) is 0 Å². The molecule has 0 amide bonds. The Balaban J connectivity index is 1.51. The lowest BCUT2D eigenvalue weighted by Crippen LogP contribution is -2.66. The van der Waals surface area contributed by atoms with Crippen LogP contribution in [0.5, 0.6) is 11.5 Å². The number of hydrogen-bond donors (Lipinski definition) is 1. The fourth-order valence-electron chi connectivity index (χ4n) is 6.66. The van der Waals surface area contributed by atoms with Crippen LogP contribution in [0.2, 0.25) is 0 Å². The van der Waals surface area contributed by atoms with Crippen molar-refractivity contribution < 1.29 is 9.84 Å². The Labute approximate surface area is 159 Å². The van der Waals surface area contributed by atoms with Gasteiger partial charge in [-0.25, -0.2) is 4.99 Å². The van der Waals surface area contributed by atoms with Crippen LogP contribution < -0.4 is 4.74 Å². The molecule has 26 heavy (non-hydrogen) atoms. The second-order valence-electron chi connectivity index (χ2n) is 8.96. The average molecular weight is 369 g/mol. The summed E-state index contributed by atoms with van der Waals surface area (Å²) in [6.07, 6.45) is 7.21. The summed E-state index contributed by atoms with van der Waals surface area (Å²) in [5.74, 6) is 2.55. The predicted octanol–water partition coefficient (Wildman–Crippen LogP) is 3.31. The number of thiocarbonyl (C=S) groups is 1. The maximum absolute atomic E-state index is 10.5. The topological polar surface area (TPSA) is 45.1 Å². The lowest BCUT2D eigenvalue weighted by Gasteiger charge is -2.59. The zero-order chi connectivity index (χ0) is 17.5. The highest BCUT2D eigenvalue weighted by atomic mass is 32.1. The summed E-state index contributed by atoms with van der Waals surface area (Å²) in [6.45, 7) is 2.41. The van der Waals surface area contributed by atoms with E-state index in [1.807, 2.05) is 6.07 Å². The number of nitrogens with zero attached hydrogens (tertiary/aromatic N) is 2. The van der Waals surface area contributed by atoms with E-state index in [9.17, 15) is 5.11 Å². The van der Waals surface area contributed by atoms with Crippen LogP contribution in [0.25, 0.3) is 0 Å². The third kappa shape index (κ3) is 1.89. The van der Waals surface area contributed by atoms with Crippen LogP contribution in [0, 0.1) is 11.8 Å². The zero-order valence-corrected chi connectivity index (χ0v) is 15.7. The van der Waals surface area contributed by atoms with Gasteiger partial charge >= 0.3 is 0 Å². The Morgan fingerprint density at radius 2 is 2.19 bits per heavy atom. The van der Waals surface area contributed by atoms with E-state index in [1.165, 1.54) is 36.9 Å². The van der Waals surface area contributed by atoms with Crippen molar-refractivity contribution >= 4 is 17.4 Å². The molecule has 0 radical (unpaired) electrons. The maximum atomic E-state index is 10.5. The first-order valence-corrected chi connectivity index (χ1v) is 10.5. The van der Waals surface area contributed by atoms with Crippen LogP contribution in [0.1, 0.15) is 43.2 Å². The molecule has 1 aromatic rings. The van der Waals surface area contributed by atoms with Gasteiger partial charge in [-0.15, -0.1) is 0 Å². The Morgan fingerprint density at radius 1 is 1.31 bits per heavy atom. The zero-order valence-electron chi connectivity index (χ0n) is 14.9. The molecule has 5 heteroatoms. The van der Waals surface area contributed by atoms with Crippen LogP contribution in [0.3, 0.4) is 0 Å². The molecule has 1 spiro atoms. The van der Waals surface area contributed by atoms with E-state index in [-0.39, 0.29) is 23.3 Å². The van der Waals surface area contributed by atoms with Gasteiger partial charge in [0.2, 0.25) is 0 Å². The van der Waals surface area contributed by atoms with E-state index in [0.717, 1.165) is 37.5 Å². The average Bonchev–Trinajstić information content (AvgIpc) is 3.38. The van der Waals surface area contributed by atoms with E-state index in [0.29, 0.717) is 12.0 Å². The van der Waals surface area contributed by atoms with Gasteiger partial charge in [-0.1, -0.05) is 6.07 Å². The van der Waals surface area contributed by atoms with E-state index in [4.69, 9.17) is 17.0 Å². The van der Waals surface area contributed by atoms with Gasteiger partial charge in [-0.3, -0.25) is 4.90 Å². The van der Waals surface area contributed by atoms with Gasteiger partial charge in [0.25, 0.3) is 0 Å². The molecule has 1 aromatic carbocycles. The predicted molar refractivity (Wildman–Crippen MR) is 102 cm³/mol. The van der Waals surface area contributed by atoms with Crippen molar-refractivity contribution in [3.8, 4) is 11.5 Å². The Morgan fingerprint density at radius 3 is 3.00 bits per heavy atom. The normalized spacial score (nSPS) is 39.7. The summed E-state index contributed by atoms with van der Waals surface area (Å²) in [7, 11) is 0. The lowest BCUT2D eigenvalue weighted by atomic mass is 9.51. The molecule has 3 aliphatic carbocycles. The van der Waals surface area contributed by atoms with Crippen molar-refractivity contribution in [3.63, 3.8) is 0 Å². The van der Waals surface area contributed by atoms with Gasteiger partial charge < -0.3 is 9.84 Å². The van der Waals surface area contributed by atoms with Crippen LogP contribution >= 0.6 is 12.2 Å². The standard InChI is InChI=1S/C21H24N2O2S/c24-17-6-3-13-9-16-14-4-5-15(22-11-26)20-21(14,18(13)19(17)25-20)7-8-23(16)10-12-1-2-12/h3,6,12,14-16,20,24H,1-2,4-5,7-10H2/t14?,15-,16?,20+,21?/m1/s1. The molecular weight excluding hydrogens is 344 g/mol. The first kappa shape index (κ1) is 15.6. The summed E-state index contributed by atoms with van der Waals surface area (Å²) in [5.41, 5.74) is 2.69. The summed E-state index contributed by atoms with van der Waals surface area (Å²) >= 11 is 4.93. The highest BCUT2D eigenvalue weighted by Crippen LogP contribution is 2.64. The molecule has 1 saturated heterocycles. The number of phenolic OH excluding ortho intramolecular Hbond substituents is 1. The van der Waals surface area contributed by atoms with Crippen molar-refractivity contribution in [2.75, 3.05) is 13.1 Å². The third-order valence-corrected chi connectivity index (χ3v) is 7.91. The number of phenols is 1. The van der Waals surface area contributed by atoms with Gasteiger partial charge in [0.05, 0.1) is 11.2 Å². The summed E-state index contributed by atoms with van der Waals surface area (Å²) < 4.78 is 6.45. The summed E-state index contributed by atoms with van der Waals surface area (Å²) in [5, 5.41) is 13.1. The van der Waals surface area contributed by atoms with E-state index < -0.39 is 0 Å². The molecule has 5 atom stereocenters. The second kappa shape index (κ2) is 5.31. The fraction of sp³-hybridized carbons (Fsp3) is 0.667. The number of hydrogen-bond acceptors (Lipinski definition) is 5. The fourth-order valence-corrected chi connectivity index (χ4v) is 6.79. The second-order valence-corrected chi connectivity index (χ2v) is 9.14. The molecule has 3 fully saturated rings. The maximum Gasteiger partial charge on any atom is 0.165 e. The lowest BCUT2D eigenvalue weighted by molar-refractivity contribution is -0.0600. The van der Waals surface area contributed by atoms with Gasteiger partial charge in [0.15, 0.2) is 11.5 Å². The first-order valence-electron chi connectivity index (χ1n) is 10.1. The third-order valence-electron chi connectivity index (χ3n) is 7.81. The van der Waals surface area contributed by atoms with Crippen LogP contribution in [-0.4, -0.2) is 46.4 Å². The smallest absolute Gasteiger partial charge is 0.165 e. The van der Waals surface area contributed by atoms with Crippen LogP contribution in [-0.2, 0) is 11.8 Å². The molecule has 2 bridgehead atoms. The molecule has 2 heterocycles. The van der Waals surface area contributed by atoms with Gasteiger partial charge in [0.1, 0.15) is 6.10 Å². The largest absolute Gasteiger partial charge is 0.504 e. The number of aromatic hydroxyl groups is 1. The quantitative estimate of drug-likeness (QED) is 0.657. The highest BCUT2D eigenvalue weighted by molar-refractivity contribution is 7.78. The van der Waals surface area contributed by atoms with Crippen molar-refractivity contribution in [2.45, 2.75) is 62.1 Å². The molecule has 0 aromatic heterocycles. The minimum Gasteiger partial charge on any atom is -0.504 e. The van der Waals surface area contributed by atoms with E-state index in [1.54, 1.807) is 0 Å². The van der Waals surface area contributed by atoms with E-state index >= 15 is 0 Å². The van der Waals surface area contributed by atoms with Crippen LogP contribution in [0.15, 0.2) is 17.1 Å². The minimum atomic E-state index is 0.00428. The molecule has 2 aliphatic heterocycles. The van der Waals surface area contributed by atoms with E-state index in [2.05, 4.69) is 21.1 Å². The minimum absolute atomic E-state index is 0.00428. The highest BCUT2D eigenvalue weighted by Gasteiger charge is 2.65. The number of aliphatic imine (C=N–C) groups is 1. The van der Waals surface area contributed by atoms with Crippen molar-refractivity contribution in [1.29, 1.82) is 0 Å². The monoisotopic (exact) mass is 368 g/mol. The first-order chi connectivity index (χ1) is 12.7. The van der Waals surface area contributed by atoms with Crippen molar-refractivity contribution in [3.05, 3.63) is 23.3 Å². The molecule has 5 aliphatic rings. The van der Waals surface area contributed by atoms with Gasteiger partial charge in [-0.05, 0) is 80.8 Å². The Bertz CT molecular complexity index is 832. The van der Waals surface area contributed by atoms with Crippen molar-refractivity contribution in [1.82, 2.24) is 4.90 Å². The molecule has 136 valence electrons. The molecule has 6 rings (SSSR count). The Hall–Kier alpha value is -1.42. The van der Waals surface area contributed by atoms with Crippen molar-refractivity contribution in [2.24, 2.45) is 16.8 Å². The number of ether oxygens (including phenoxy) is 1. The number of benzene rings is 1. The van der Waals surface area contributed by atoms with Gasteiger partial charge in [-0.2, -0.15) is 0 Å². The molecule has 3 unspecified atom stereocenters. The van der Waals surface area contributed by atoms with Gasteiger partial charge in [0, 0.05) is 23.6 Å². The summed E-state index contributed by atoms with van der Waals surface area (Å²) in [6, 6.07) is 4.63. The number of rotatable bonds is 3. The molecule has 4 nitrogen and oxygen atoms in total. The SMILES string of the molecule is Oc1ccc2c3c1O[C@H]1[C@H](N=C=S)CCC4C(C2)N(CC2CC2)CCC341.